The van der Waals surface area contributed by atoms with Crippen molar-refractivity contribution in [1.29, 1.82) is 5.41 Å². The number of halogens is 1. The first kappa shape index (κ1) is 37.9. The molecule has 0 saturated carbocycles. The minimum absolute atomic E-state index is 0. The van der Waals surface area contributed by atoms with Crippen LogP contribution in [0.3, 0.4) is 0 Å². The molecule has 0 aliphatic rings. The highest BCUT2D eigenvalue weighted by Crippen LogP contribution is 2.31. The molecule has 0 atom stereocenters. The van der Waals surface area contributed by atoms with Crippen LogP contribution in [0.2, 0.25) is 0 Å². The molecule has 13 nitrogen and oxygen atoms in total. The fourth-order valence-corrected chi connectivity index (χ4v) is 6.57. The van der Waals surface area contributed by atoms with Crippen molar-refractivity contribution in [2.24, 2.45) is 5.73 Å². The van der Waals surface area contributed by atoms with Gasteiger partial charge in [0.15, 0.2) is 0 Å². The quantitative estimate of drug-likeness (QED) is 0.0857. The fraction of sp³-hybridized carbons (Fsp3) is 0.147. The standard InChI is InChI=1S/C34H32N6O6S.ClH.H2O/c1-2-46-31(42)20-38-30(41)21-40(47(44,45)29-10-4-6-23-8-5-17-37-32(23)29)26-15-16-27-25(18-26)7-3-9-28(27)34(43)39-19-22-11-13-24(14-12-22)33(35)36;;/h3-18H,2,19-21H2,1H3,(H3,35,36)(H,38,41)(H,39,43);1H;1H2. The molecule has 0 aliphatic carbocycles. The molecule has 0 bridgehead atoms. The lowest BCUT2D eigenvalue weighted by molar-refractivity contribution is -0.143. The fourth-order valence-electron chi connectivity index (χ4n) is 4.99. The van der Waals surface area contributed by atoms with Crippen LogP contribution in [-0.2, 0) is 30.9 Å². The van der Waals surface area contributed by atoms with Gasteiger partial charge >= 0.3 is 5.97 Å². The number of pyridine rings is 1. The van der Waals surface area contributed by atoms with Crippen LogP contribution in [0.4, 0.5) is 5.69 Å². The Kier molecular flexibility index (Phi) is 12.8. The number of sulfonamides is 1. The molecule has 256 valence electrons. The van der Waals surface area contributed by atoms with E-state index in [2.05, 4.69) is 15.6 Å². The number of carbonyl (C=O) groups is 3. The topological polar surface area (TPSA) is 216 Å². The number of anilines is 1. The normalized spacial score (nSPS) is 10.7. The second kappa shape index (κ2) is 16.5. The molecule has 4 aromatic carbocycles. The summed E-state index contributed by atoms with van der Waals surface area (Å²) in [5.41, 5.74) is 7.68. The number of carbonyl (C=O) groups excluding carboxylic acids is 3. The van der Waals surface area contributed by atoms with E-state index < -0.39 is 35.0 Å². The van der Waals surface area contributed by atoms with Crippen LogP contribution in [0.15, 0.2) is 102 Å². The van der Waals surface area contributed by atoms with E-state index in [0.29, 0.717) is 27.3 Å². The molecule has 1 heterocycles. The van der Waals surface area contributed by atoms with Crippen LogP contribution in [0, 0.1) is 5.41 Å². The van der Waals surface area contributed by atoms with Crippen LogP contribution in [0.25, 0.3) is 21.7 Å². The van der Waals surface area contributed by atoms with E-state index in [1.54, 1.807) is 85.8 Å². The van der Waals surface area contributed by atoms with Gasteiger partial charge in [0.05, 0.1) is 17.8 Å². The summed E-state index contributed by atoms with van der Waals surface area (Å²) < 4.78 is 34.3. The monoisotopic (exact) mass is 706 g/mol. The molecule has 0 spiro atoms. The predicted molar refractivity (Wildman–Crippen MR) is 189 cm³/mol. The Balaban J connectivity index is 0.00000325. The largest absolute Gasteiger partial charge is 0.465 e. The summed E-state index contributed by atoms with van der Waals surface area (Å²) in [7, 11) is -4.37. The Morgan fingerprint density at radius 3 is 2.33 bits per heavy atom. The Bertz CT molecular complexity index is 2110. The summed E-state index contributed by atoms with van der Waals surface area (Å²) in [5.74, 6) is -1.77. The SMILES string of the molecule is CCOC(=O)CNC(=O)CN(c1ccc2c(C(=O)NCc3ccc(C(=N)N)cc3)cccc2c1)S(=O)(=O)c1cccc2cccnc12.Cl.O. The smallest absolute Gasteiger partial charge is 0.325 e. The first-order valence-corrected chi connectivity index (χ1v) is 16.1. The maximum absolute atomic E-state index is 14.2. The maximum atomic E-state index is 14.2. The number of amides is 2. The van der Waals surface area contributed by atoms with Crippen molar-refractivity contribution < 1.29 is 33.0 Å². The molecule has 0 unspecified atom stereocenters. The number of rotatable bonds is 12. The first-order valence-electron chi connectivity index (χ1n) is 14.6. The minimum Gasteiger partial charge on any atom is -0.465 e. The van der Waals surface area contributed by atoms with Gasteiger partial charge in [-0.15, -0.1) is 12.4 Å². The third-order valence-electron chi connectivity index (χ3n) is 7.30. The zero-order valence-corrected chi connectivity index (χ0v) is 27.9. The minimum atomic E-state index is -4.37. The lowest BCUT2D eigenvalue weighted by Gasteiger charge is -2.25. The van der Waals surface area contributed by atoms with Crippen molar-refractivity contribution in [2.45, 2.75) is 18.4 Å². The van der Waals surface area contributed by atoms with Gasteiger partial charge in [0.2, 0.25) is 5.91 Å². The second-order valence-corrected chi connectivity index (χ2v) is 12.3. The number of nitrogens with zero attached hydrogens (tertiary/aromatic N) is 2. The molecule has 5 aromatic rings. The molecular weight excluding hydrogens is 672 g/mol. The number of amidine groups is 1. The van der Waals surface area contributed by atoms with Gasteiger partial charge in [0.25, 0.3) is 15.9 Å². The highest BCUT2D eigenvalue weighted by Gasteiger charge is 2.30. The molecular formula is C34H35ClN6O7S. The van der Waals surface area contributed by atoms with Gasteiger partial charge in [-0.1, -0.05) is 60.7 Å². The van der Waals surface area contributed by atoms with E-state index in [-0.39, 0.29) is 58.9 Å². The Morgan fingerprint density at radius 2 is 1.61 bits per heavy atom. The zero-order chi connectivity index (χ0) is 33.6. The van der Waals surface area contributed by atoms with Gasteiger partial charge in [0, 0.05) is 29.3 Å². The lowest BCUT2D eigenvalue weighted by Crippen LogP contribution is -2.42. The summed E-state index contributed by atoms with van der Waals surface area (Å²) in [5, 5.41) is 14.6. The van der Waals surface area contributed by atoms with Gasteiger partial charge in [0.1, 0.15) is 23.8 Å². The van der Waals surface area contributed by atoms with Crippen molar-refractivity contribution in [2.75, 3.05) is 24.0 Å². The average molecular weight is 707 g/mol. The van der Waals surface area contributed by atoms with E-state index in [0.717, 1.165) is 9.87 Å². The molecule has 5 rings (SSSR count). The van der Waals surface area contributed by atoms with Gasteiger partial charge in [-0.2, -0.15) is 0 Å². The van der Waals surface area contributed by atoms with E-state index in [9.17, 15) is 22.8 Å². The summed E-state index contributed by atoms with van der Waals surface area (Å²) in [6.07, 6.45) is 1.49. The van der Waals surface area contributed by atoms with E-state index in [1.807, 2.05) is 0 Å². The number of benzene rings is 4. The first-order chi connectivity index (χ1) is 22.6. The van der Waals surface area contributed by atoms with Crippen LogP contribution in [0.5, 0.6) is 0 Å². The summed E-state index contributed by atoms with van der Waals surface area (Å²) in [6.45, 7) is 0.939. The van der Waals surface area contributed by atoms with Crippen molar-refractivity contribution in [3.63, 3.8) is 0 Å². The zero-order valence-electron chi connectivity index (χ0n) is 26.3. The average Bonchev–Trinajstić information content (AvgIpc) is 3.08. The molecule has 2 amide bonds. The number of nitrogens with one attached hydrogen (secondary N) is 3. The number of ether oxygens (including phenoxy) is 1. The van der Waals surface area contributed by atoms with E-state index in [1.165, 1.54) is 18.3 Å². The second-order valence-electron chi connectivity index (χ2n) is 10.4. The molecule has 0 saturated heterocycles. The molecule has 0 radical (unpaired) electrons. The van der Waals surface area contributed by atoms with Crippen molar-refractivity contribution >= 4 is 73.4 Å². The number of para-hydroxylation sites is 1. The number of esters is 1. The van der Waals surface area contributed by atoms with Crippen LogP contribution in [0.1, 0.15) is 28.4 Å². The van der Waals surface area contributed by atoms with Crippen LogP contribution < -0.4 is 20.7 Å². The number of hydrogen-bond donors (Lipinski definition) is 4. The molecule has 1 aromatic heterocycles. The molecule has 15 heteroatoms. The van der Waals surface area contributed by atoms with Gasteiger partial charge in [-0.05, 0) is 53.6 Å². The lowest BCUT2D eigenvalue weighted by atomic mass is 10.0. The summed E-state index contributed by atoms with van der Waals surface area (Å²) in [6, 6.07) is 25.0. The number of nitrogen functional groups attached to an aromatic ring is 1. The van der Waals surface area contributed by atoms with E-state index in [4.69, 9.17) is 15.9 Å². The predicted octanol–water partition coefficient (Wildman–Crippen LogP) is 3.07. The third kappa shape index (κ3) is 8.67. The van der Waals surface area contributed by atoms with Crippen molar-refractivity contribution in [3.8, 4) is 0 Å². The summed E-state index contributed by atoms with van der Waals surface area (Å²) >= 11 is 0. The Morgan fingerprint density at radius 1 is 0.918 bits per heavy atom. The Labute approximate surface area is 288 Å². The van der Waals surface area contributed by atoms with Gasteiger partial charge < -0.3 is 26.6 Å². The Hall–Kier alpha value is -5.57. The van der Waals surface area contributed by atoms with Crippen molar-refractivity contribution in [1.82, 2.24) is 15.6 Å². The molecule has 7 N–H and O–H groups in total. The van der Waals surface area contributed by atoms with E-state index >= 15 is 0 Å². The molecule has 49 heavy (non-hydrogen) atoms. The highest BCUT2D eigenvalue weighted by molar-refractivity contribution is 7.93. The van der Waals surface area contributed by atoms with Gasteiger partial charge in [-0.3, -0.25) is 29.1 Å². The highest BCUT2D eigenvalue weighted by atomic mass is 35.5. The summed E-state index contributed by atoms with van der Waals surface area (Å²) in [4.78, 5) is 42.3. The number of aromatic nitrogens is 1. The van der Waals surface area contributed by atoms with Gasteiger partial charge in [-0.25, -0.2) is 8.42 Å². The third-order valence-corrected chi connectivity index (χ3v) is 9.11. The van der Waals surface area contributed by atoms with Crippen LogP contribution in [-0.4, -0.2) is 62.2 Å². The molecule has 0 aliphatic heterocycles. The number of fused-ring (bicyclic) bond motifs is 2. The van der Waals surface area contributed by atoms with Crippen molar-refractivity contribution in [3.05, 3.63) is 114 Å². The molecule has 0 fully saturated rings. The maximum Gasteiger partial charge on any atom is 0.325 e. The number of hydrogen-bond acceptors (Lipinski definition) is 8. The number of nitrogens with two attached hydrogens (primary N) is 1. The van der Waals surface area contributed by atoms with Crippen LogP contribution >= 0.6 is 12.4 Å².